The number of hydrogen-bond acceptors (Lipinski definition) is 2. The van der Waals surface area contributed by atoms with Gasteiger partial charge in [-0.15, -0.1) is 0 Å². The van der Waals surface area contributed by atoms with E-state index in [0.717, 1.165) is 17.6 Å². The minimum Gasteiger partial charge on any atom is -0.377 e. The molecule has 2 nitrogen and oxygen atoms in total. The molecule has 1 N–H and O–H groups in total. The van der Waals surface area contributed by atoms with Crippen molar-refractivity contribution >= 4 is 21.6 Å². The second-order valence-electron chi connectivity index (χ2n) is 3.84. The summed E-state index contributed by atoms with van der Waals surface area (Å²) in [5.41, 5.74) is 2.62. The quantitative estimate of drug-likeness (QED) is 0.828. The number of hydrogen-bond donors (Lipinski definition) is 1. The fourth-order valence-corrected chi connectivity index (χ4v) is 1.85. The molecule has 84 valence electrons. The second-order valence-corrected chi connectivity index (χ2v) is 4.76. The molecule has 1 aromatic rings. The Kier molecular flexibility index (Phi) is 5.12. The van der Waals surface area contributed by atoms with Crippen LogP contribution in [0.3, 0.4) is 0 Å². The molecule has 0 radical (unpaired) electrons. The lowest BCUT2D eigenvalue weighted by atomic mass is 10.1. The molecule has 3 heteroatoms. The van der Waals surface area contributed by atoms with Crippen molar-refractivity contribution in [2.24, 2.45) is 0 Å². The predicted octanol–water partition coefficient (Wildman–Crippen LogP) is 3.01. The van der Waals surface area contributed by atoms with Crippen LogP contribution < -0.4 is 10.2 Å². The Hall–Kier alpha value is -0.540. The Morgan fingerprint density at radius 1 is 1.33 bits per heavy atom. The molecule has 0 saturated heterocycles. The standard InChI is InChI=1S/C12H19BrN2/c1-4-7-14-9-10-5-6-11(13)8-12(10)15(2)3/h5-6,8,14H,4,7,9H2,1-3H3. The number of halogens is 1. The van der Waals surface area contributed by atoms with Gasteiger partial charge in [0.15, 0.2) is 0 Å². The molecule has 0 fully saturated rings. The minimum absolute atomic E-state index is 0.939. The Labute approximate surface area is 101 Å². The molecule has 0 aliphatic heterocycles. The number of rotatable bonds is 5. The predicted molar refractivity (Wildman–Crippen MR) is 70.5 cm³/mol. The Morgan fingerprint density at radius 2 is 2.07 bits per heavy atom. The molecule has 0 aliphatic rings. The lowest BCUT2D eigenvalue weighted by Crippen LogP contribution is -2.18. The molecule has 1 aromatic carbocycles. The first kappa shape index (κ1) is 12.5. The summed E-state index contributed by atoms with van der Waals surface area (Å²) in [5.74, 6) is 0. The number of nitrogens with zero attached hydrogens (tertiary/aromatic N) is 1. The van der Waals surface area contributed by atoms with Crippen LogP contribution in [-0.2, 0) is 6.54 Å². The van der Waals surface area contributed by atoms with E-state index in [2.05, 4.69) is 65.4 Å². The first-order valence-corrected chi connectivity index (χ1v) is 6.11. The highest BCUT2D eigenvalue weighted by molar-refractivity contribution is 9.10. The smallest absolute Gasteiger partial charge is 0.0417 e. The van der Waals surface area contributed by atoms with Crippen LogP contribution in [0.5, 0.6) is 0 Å². The van der Waals surface area contributed by atoms with Crippen molar-refractivity contribution in [2.45, 2.75) is 19.9 Å². The molecule has 0 heterocycles. The lowest BCUT2D eigenvalue weighted by molar-refractivity contribution is 0.675. The van der Waals surface area contributed by atoms with Crippen LogP contribution >= 0.6 is 15.9 Å². The molecule has 0 bridgehead atoms. The van der Waals surface area contributed by atoms with E-state index in [4.69, 9.17) is 0 Å². The van der Waals surface area contributed by atoms with Crippen LogP contribution in [0.4, 0.5) is 5.69 Å². The van der Waals surface area contributed by atoms with Crippen LogP contribution in [0.2, 0.25) is 0 Å². The van der Waals surface area contributed by atoms with Gasteiger partial charge in [-0.3, -0.25) is 0 Å². The Morgan fingerprint density at radius 3 is 2.67 bits per heavy atom. The van der Waals surface area contributed by atoms with Gasteiger partial charge >= 0.3 is 0 Å². The van der Waals surface area contributed by atoms with E-state index in [1.165, 1.54) is 17.7 Å². The summed E-state index contributed by atoms with van der Waals surface area (Å²) in [6.45, 7) is 4.19. The monoisotopic (exact) mass is 270 g/mol. The Bertz CT molecular complexity index is 310. The fourth-order valence-electron chi connectivity index (χ4n) is 1.50. The fraction of sp³-hybridized carbons (Fsp3) is 0.500. The van der Waals surface area contributed by atoms with Gasteiger partial charge in [0.05, 0.1) is 0 Å². The van der Waals surface area contributed by atoms with Crippen LogP contribution in [0.25, 0.3) is 0 Å². The maximum atomic E-state index is 3.50. The van der Waals surface area contributed by atoms with E-state index >= 15 is 0 Å². The average molecular weight is 271 g/mol. The molecule has 0 spiro atoms. The van der Waals surface area contributed by atoms with E-state index in [-0.39, 0.29) is 0 Å². The van der Waals surface area contributed by atoms with Crippen molar-refractivity contribution < 1.29 is 0 Å². The first-order valence-electron chi connectivity index (χ1n) is 5.31. The van der Waals surface area contributed by atoms with Crippen molar-refractivity contribution in [3.05, 3.63) is 28.2 Å². The van der Waals surface area contributed by atoms with Crippen molar-refractivity contribution in [3.63, 3.8) is 0 Å². The van der Waals surface area contributed by atoms with E-state index in [1.54, 1.807) is 0 Å². The highest BCUT2D eigenvalue weighted by Crippen LogP contribution is 2.23. The summed E-state index contributed by atoms with van der Waals surface area (Å²) < 4.78 is 1.13. The largest absolute Gasteiger partial charge is 0.377 e. The van der Waals surface area contributed by atoms with Gasteiger partial charge < -0.3 is 10.2 Å². The first-order chi connectivity index (χ1) is 7.15. The SMILES string of the molecule is CCCNCc1ccc(Br)cc1N(C)C. The zero-order valence-corrected chi connectivity index (χ0v) is 11.3. The van der Waals surface area contributed by atoms with Gasteiger partial charge in [0.25, 0.3) is 0 Å². The number of anilines is 1. The van der Waals surface area contributed by atoms with Crippen LogP contribution in [0.1, 0.15) is 18.9 Å². The lowest BCUT2D eigenvalue weighted by Gasteiger charge is -2.18. The van der Waals surface area contributed by atoms with E-state index in [1.807, 2.05) is 0 Å². The molecule has 0 aliphatic carbocycles. The summed E-state index contributed by atoms with van der Waals surface area (Å²) in [5, 5.41) is 3.42. The van der Waals surface area contributed by atoms with Crippen LogP contribution in [-0.4, -0.2) is 20.6 Å². The van der Waals surface area contributed by atoms with Gasteiger partial charge in [-0.2, -0.15) is 0 Å². The van der Waals surface area contributed by atoms with Gasteiger partial charge in [0.1, 0.15) is 0 Å². The second kappa shape index (κ2) is 6.13. The van der Waals surface area contributed by atoms with Crippen LogP contribution in [0.15, 0.2) is 22.7 Å². The van der Waals surface area contributed by atoms with E-state index < -0.39 is 0 Å². The van der Waals surface area contributed by atoms with E-state index in [9.17, 15) is 0 Å². The minimum atomic E-state index is 0.939. The van der Waals surface area contributed by atoms with Crippen molar-refractivity contribution in [3.8, 4) is 0 Å². The molecule has 0 aromatic heterocycles. The summed E-state index contributed by atoms with van der Waals surface area (Å²) in [4.78, 5) is 2.15. The molecule has 0 atom stereocenters. The molecule has 0 saturated carbocycles. The summed E-state index contributed by atoms with van der Waals surface area (Å²) in [6.07, 6.45) is 1.17. The van der Waals surface area contributed by atoms with Crippen molar-refractivity contribution in [1.29, 1.82) is 0 Å². The maximum Gasteiger partial charge on any atom is 0.0417 e. The van der Waals surface area contributed by atoms with Gasteiger partial charge in [-0.05, 0) is 30.7 Å². The summed E-state index contributed by atoms with van der Waals surface area (Å²) >= 11 is 3.50. The number of benzene rings is 1. The van der Waals surface area contributed by atoms with Crippen LogP contribution in [0, 0.1) is 0 Å². The summed E-state index contributed by atoms with van der Waals surface area (Å²) in [6, 6.07) is 6.42. The highest BCUT2D eigenvalue weighted by atomic mass is 79.9. The van der Waals surface area contributed by atoms with Gasteiger partial charge in [-0.25, -0.2) is 0 Å². The molecule has 0 unspecified atom stereocenters. The zero-order chi connectivity index (χ0) is 11.3. The molecule has 0 amide bonds. The zero-order valence-electron chi connectivity index (χ0n) is 9.68. The topological polar surface area (TPSA) is 15.3 Å². The van der Waals surface area contributed by atoms with E-state index in [0.29, 0.717) is 0 Å². The van der Waals surface area contributed by atoms with Gasteiger partial charge in [0, 0.05) is 30.8 Å². The molecule has 15 heavy (non-hydrogen) atoms. The molecule has 1 rings (SSSR count). The average Bonchev–Trinajstić information content (AvgIpc) is 2.20. The maximum absolute atomic E-state index is 3.50. The third kappa shape index (κ3) is 3.84. The Balaban J connectivity index is 2.77. The van der Waals surface area contributed by atoms with Crippen molar-refractivity contribution in [1.82, 2.24) is 5.32 Å². The third-order valence-electron chi connectivity index (χ3n) is 2.27. The van der Waals surface area contributed by atoms with Crippen molar-refractivity contribution in [2.75, 3.05) is 25.5 Å². The molecular weight excluding hydrogens is 252 g/mol. The van der Waals surface area contributed by atoms with Gasteiger partial charge in [0.2, 0.25) is 0 Å². The number of nitrogens with one attached hydrogen (secondary N) is 1. The normalized spacial score (nSPS) is 10.4. The molecular formula is C12H19BrN2. The third-order valence-corrected chi connectivity index (χ3v) is 2.76. The summed E-state index contributed by atoms with van der Waals surface area (Å²) in [7, 11) is 4.15. The highest BCUT2D eigenvalue weighted by Gasteiger charge is 2.04. The van der Waals surface area contributed by atoms with Gasteiger partial charge in [-0.1, -0.05) is 28.9 Å².